The Morgan fingerprint density at radius 1 is 1.43 bits per heavy atom. The van der Waals surface area contributed by atoms with Crippen molar-refractivity contribution in [2.45, 2.75) is 35.7 Å². The van der Waals surface area contributed by atoms with E-state index >= 15 is 0 Å². The number of hydrogen-bond acceptors (Lipinski definition) is 6. The maximum Gasteiger partial charge on any atom is 0.417 e. The number of aromatic nitrogens is 2. The van der Waals surface area contributed by atoms with Crippen molar-refractivity contribution in [3.8, 4) is 5.88 Å². The van der Waals surface area contributed by atoms with Crippen molar-refractivity contribution in [2.24, 2.45) is 0 Å². The first-order valence-electron chi connectivity index (χ1n) is 8.77. The average molecular weight is 434 g/mol. The third-order valence-electron chi connectivity index (χ3n) is 5.63. The number of benzene rings is 1. The largest absolute Gasteiger partial charge is 0.493 e. The van der Waals surface area contributed by atoms with E-state index in [0.717, 1.165) is 19.0 Å². The Balaban J connectivity index is 1.65. The van der Waals surface area contributed by atoms with Crippen molar-refractivity contribution in [1.29, 1.82) is 0 Å². The van der Waals surface area contributed by atoms with Crippen LogP contribution in [0.2, 0.25) is 5.02 Å². The van der Waals surface area contributed by atoms with E-state index in [4.69, 9.17) is 16.3 Å². The molecule has 11 heteroatoms. The molecule has 4 heterocycles. The SMILES string of the molecule is O=c1nc(O)c2cc(C(F)(F)F)c(Cl)c3c2n1[C@@H](CN1C[C@@H]2C[C@H]1CO2)CS3. The van der Waals surface area contributed by atoms with Gasteiger partial charge in [0.15, 0.2) is 0 Å². The lowest BCUT2D eigenvalue weighted by molar-refractivity contribution is -0.137. The molecule has 0 saturated carbocycles. The van der Waals surface area contributed by atoms with Crippen LogP contribution in [0.4, 0.5) is 13.2 Å². The standard InChI is InChI=1S/C17H15ClF3N3O3S/c18-12-11(17(19,20)21)2-10-13-14(12)28-6-8(24(13)16(26)22-15(10)25)3-23-4-9-1-7(23)5-27-9/h2,7-9H,1,3-6H2,(H,22,25,26)/t7-,8-,9-/m0/s1. The van der Waals surface area contributed by atoms with Crippen LogP contribution < -0.4 is 5.69 Å². The van der Waals surface area contributed by atoms with Crippen LogP contribution >= 0.6 is 23.4 Å². The Hall–Kier alpha value is -1.49. The second kappa shape index (κ2) is 6.25. The summed E-state index contributed by atoms with van der Waals surface area (Å²) in [7, 11) is 0. The normalized spacial score (nSPS) is 27.1. The van der Waals surface area contributed by atoms with Gasteiger partial charge in [0.1, 0.15) is 0 Å². The maximum absolute atomic E-state index is 13.4. The molecule has 2 fully saturated rings. The fourth-order valence-electron chi connectivity index (χ4n) is 4.37. The fraction of sp³-hybridized carbons (Fsp3) is 0.529. The number of thioether (sulfide) groups is 1. The number of alkyl halides is 3. The summed E-state index contributed by atoms with van der Waals surface area (Å²) in [5.74, 6) is -0.320. The van der Waals surface area contributed by atoms with E-state index in [1.54, 1.807) is 0 Å². The van der Waals surface area contributed by atoms with Gasteiger partial charge in [0.25, 0.3) is 0 Å². The summed E-state index contributed by atoms with van der Waals surface area (Å²) in [5.41, 5.74) is -1.51. The number of fused-ring (bicyclic) bond motifs is 2. The van der Waals surface area contributed by atoms with Crippen molar-refractivity contribution >= 4 is 34.3 Å². The number of morpholine rings is 1. The zero-order chi connectivity index (χ0) is 19.8. The van der Waals surface area contributed by atoms with Gasteiger partial charge in [-0.1, -0.05) is 11.6 Å². The van der Waals surface area contributed by atoms with Gasteiger partial charge in [0.05, 0.1) is 45.1 Å². The predicted molar refractivity (Wildman–Crippen MR) is 97.2 cm³/mol. The molecule has 2 saturated heterocycles. The van der Waals surface area contributed by atoms with E-state index in [1.807, 2.05) is 0 Å². The highest BCUT2D eigenvalue weighted by molar-refractivity contribution is 7.99. The molecular formula is C17H15ClF3N3O3S. The predicted octanol–water partition coefficient (Wildman–Crippen LogP) is 2.89. The molecule has 1 aromatic carbocycles. The Morgan fingerprint density at radius 2 is 2.21 bits per heavy atom. The fourth-order valence-corrected chi connectivity index (χ4v) is 5.98. The van der Waals surface area contributed by atoms with Crippen molar-refractivity contribution in [1.82, 2.24) is 14.5 Å². The van der Waals surface area contributed by atoms with E-state index in [0.29, 0.717) is 24.9 Å². The van der Waals surface area contributed by atoms with E-state index in [-0.39, 0.29) is 27.9 Å². The molecule has 6 nitrogen and oxygen atoms in total. The molecule has 0 amide bonds. The zero-order valence-corrected chi connectivity index (χ0v) is 15.9. The minimum Gasteiger partial charge on any atom is -0.493 e. The molecule has 0 spiro atoms. The van der Waals surface area contributed by atoms with Gasteiger partial charge in [0, 0.05) is 24.9 Å². The smallest absolute Gasteiger partial charge is 0.417 e. The number of halogens is 4. The highest BCUT2D eigenvalue weighted by Crippen LogP contribution is 2.48. The molecule has 3 aliphatic heterocycles. The van der Waals surface area contributed by atoms with Crippen molar-refractivity contribution in [3.63, 3.8) is 0 Å². The number of ether oxygens (including phenoxy) is 1. The molecule has 2 bridgehead atoms. The molecule has 0 radical (unpaired) electrons. The minimum atomic E-state index is -4.68. The second-order valence-electron chi connectivity index (χ2n) is 7.31. The van der Waals surface area contributed by atoms with Crippen LogP contribution in [0.15, 0.2) is 15.8 Å². The van der Waals surface area contributed by atoms with Gasteiger partial charge < -0.3 is 9.84 Å². The third-order valence-corrected chi connectivity index (χ3v) is 7.38. The van der Waals surface area contributed by atoms with Gasteiger partial charge in [-0.3, -0.25) is 9.47 Å². The van der Waals surface area contributed by atoms with E-state index < -0.39 is 28.3 Å². The topological polar surface area (TPSA) is 67.6 Å². The van der Waals surface area contributed by atoms with E-state index in [9.17, 15) is 23.1 Å². The molecule has 1 N–H and O–H groups in total. The van der Waals surface area contributed by atoms with Crippen LogP contribution in [0.25, 0.3) is 10.9 Å². The zero-order valence-electron chi connectivity index (χ0n) is 14.4. The number of hydrogen-bond donors (Lipinski definition) is 1. The lowest BCUT2D eigenvalue weighted by atomic mass is 10.1. The Labute approximate surface area is 166 Å². The molecular weight excluding hydrogens is 419 g/mol. The van der Waals surface area contributed by atoms with Gasteiger partial charge in [-0.2, -0.15) is 18.2 Å². The average Bonchev–Trinajstić information content (AvgIpc) is 3.22. The molecule has 5 rings (SSSR count). The molecule has 2 aromatic rings. The third kappa shape index (κ3) is 2.72. The summed E-state index contributed by atoms with van der Waals surface area (Å²) in [4.78, 5) is 18.6. The first kappa shape index (κ1) is 18.5. The van der Waals surface area contributed by atoms with Crippen molar-refractivity contribution in [2.75, 3.05) is 25.4 Å². The lowest BCUT2D eigenvalue weighted by Gasteiger charge is -2.34. The van der Waals surface area contributed by atoms with Crippen LogP contribution in [-0.4, -0.2) is 57.2 Å². The summed E-state index contributed by atoms with van der Waals surface area (Å²) in [5, 5.41) is 9.52. The summed E-state index contributed by atoms with van der Waals surface area (Å²) < 4.78 is 47.1. The number of likely N-dealkylation sites (tertiary alicyclic amines) is 1. The number of aromatic hydroxyl groups is 1. The second-order valence-corrected chi connectivity index (χ2v) is 8.72. The first-order valence-corrected chi connectivity index (χ1v) is 10.1. The van der Waals surface area contributed by atoms with Crippen LogP contribution in [0.3, 0.4) is 0 Å². The molecule has 150 valence electrons. The van der Waals surface area contributed by atoms with Crippen molar-refractivity contribution in [3.05, 3.63) is 27.1 Å². The quantitative estimate of drug-likeness (QED) is 0.785. The van der Waals surface area contributed by atoms with Gasteiger partial charge in [-0.25, -0.2) is 4.79 Å². The molecule has 3 aliphatic rings. The molecule has 28 heavy (non-hydrogen) atoms. The Morgan fingerprint density at radius 3 is 2.86 bits per heavy atom. The molecule has 0 aliphatic carbocycles. The monoisotopic (exact) mass is 433 g/mol. The lowest BCUT2D eigenvalue weighted by Crippen LogP contribution is -2.44. The number of rotatable bonds is 2. The molecule has 3 atom stereocenters. The summed E-state index contributed by atoms with van der Waals surface area (Å²) in [6.07, 6.45) is -3.52. The van der Waals surface area contributed by atoms with E-state index in [2.05, 4.69) is 9.88 Å². The molecule has 0 unspecified atom stereocenters. The van der Waals surface area contributed by atoms with Gasteiger partial charge >= 0.3 is 11.9 Å². The van der Waals surface area contributed by atoms with Crippen LogP contribution in [0.5, 0.6) is 5.88 Å². The van der Waals surface area contributed by atoms with Crippen molar-refractivity contribution < 1.29 is 23.0 Å². The van der Waals surface area contributed by atoms with Crippen LogP contribution in [0, 0.1) is 0 Å². The maximum atomic E-state index is 13.4. The Kier molecular flexibility index (Phi) is 4.14. The van der Waals surface area contributed by atoms with Gasteiger partial charge in [-0.15, -0.1) is 11.8 Å². The highest BCUT2D eigenvalue weighted by Gasteiger charge is 2.42. The van der Waals surface area contributed by atoms with Crippen LogP contribution in [-0.2, 0) is 10.9 Å². The first-order chi connectivity index (χ1) is 13.2. The Bertz CT molecular complexity index is 1040. The summed E-state index contributed by atoms with van der Waals surface area (Å²) in [6, 6.07) is 0.783. The summed E-state index contributed by atoms with van der Waals surface area (Å²) in [6.45, 7) is 1.99. The molecule has 1 aromatic heterocycles. The van der Waals surface area contributed by atoms with Gasteiger partial charge in [0.2, 0.25) is 5.88 Å². The van der Waals surface area contributed by atoms with Crippen LogP contribution in [0.1, 0.15) is 18.0 Å². The minimum absolute atomic E-state index is 0.116. The number of nitrogens with zero attached hydrogens (tertiary/aromatic N) is 3. The summed E-state index contributed by atoms with van der Waals surface area (Å²) >= 11 is 7.25. The van der Waals surface area contributed by atoms with E-state index in [1.165, 1.54) is 16.3 Å². The highest BCUT2D eigenvalue weighted by atomic mass is 35.5. The van der Waals surface area contributed by atoms with Gasteiger partial charge in [-0.05, 0) is 12.5 Å².